The van der Waals surface area contributed by atoms with E-state index in [1.807, 2.05) is 0 Å². The van der Waals surface area contributed by atoms with Crippen LogP contribution in [0.15, 0.2) is 17.0 Å². The van der Waals surface area contributed by atoms with Crippen molar-refractivity contribution in [2.24, 2.45) is 0 Å². The predicted octanol–water partition coefficient (Wildman–Crippen LogP) is 1.08. The molecular formula is C8H10BrN3O. The molecule has 2 heterocycles. The average Bonchev–Trinajstić information content (AvgIpc) is 2.24. The minimum atomic E-state index is -3.10. The first-order valence-electron chi connectivity index (χ1n) is 7.32. The molecule has 2 rings (SSSR count). The average molecular weight is 252 g/mol. The molecule has 4 nitrogen and oxygen atoms in total. The Balaban J connectivity index is 2.67. The van der Waals surface area contributed by atoms with Crippen LogP contribution in [0.2, 0.25) is 0 Å². The number of morpholine rings is 1. The number of hydrogen-bond donors (Lipinski definition) is 0. The van der Waals surface area contributed by atoms with Crippen molar-refractivity contribution < 1.29 is 15.7 Å². The van der Waals surface area contributed by atoms with Crippen molar-refractivity contribution in [3.63, 3.8) is 0 Å². The predicted molar refractivity (Wildman–Crippen MR) is 52.8 cm³/mol. The largest absolute Gasteiger partial charge is 0.378 e. The fourth-order valence-electron chi connectivity index (χ4n) is 0.756. The van der Waals surface area contributed by atoms with Crippen LogP contribution in [0.3, 0.4) is 0 Å². The second kappa shape index (κ2) is 4.02. The molecule has 1 aliphatic rings. The van der Waals surface area contributed by atoms with Crippen molar-refractivity contribution in [2.45, 2.75) is 0 Å². The van der Waals surface area contributed by atoms with Gasteiger partial charge in [-0.25, -0.2) is 9.97 Å². The standard InChI is InChI=1S/C8H10BrN3O/c9-8-10-2-1-7(11-8)12-3-5-13-6-4-12/h1-2H,3-6H2/i3D2,4D2,5D2,6D2. The third-order valence-corrected chi connectivity index (χ3v) is 1.64. The van der Waals surface area contributed by atoms with Gasteiger partial charge in [-0.15, -0.1) is 0 Å². The quantitative estimate of drug-likeness (QED) is 0.701. The summed E-state index contributed by atoms with van der Waals surface area (Å²) in [5.74, 6) is -0.317. The summed E-state index contributed by atoms with van der Waals surface area (Å²) in [5, 5.41) is 0. The van der Waals surface area contributed by atoms with E-state index in [0.717, 1.165) is 6.07 Å². The lowest BCUT2D eigenvalue weighted by Crippen LogP contribution is -2.36. The fourth-order valence-corrected chi connectivity index (χ4v) is 1.06. The molecule has 1 saturated heterocycles. The van der Waals surface area contributed by atoms with E-state index in [9.17, 15) is 0 Å². The second-order valence-corrected chi connectivity index (χ2v) is 2.76. The van der Waals surface area contributed by atoms with Gasteiger partial charge in [-0.1, -0.05) is 0 Å². The summed E-state index contributed by atoms with van der Waals surface area (Å²) in [5.41, 5.74) is 0. The number of halogens is 1. The monoisotopic (exact) mass is 251 g/mol. The Labute approximate surface area is 96.3 Å². The number of rotatable bonds is 1. The SMILES string of the molecule is [2H]C1([2H])OC([2H])([2H])C([2H])([2H])N(c2ccnc(Br)n2)C1([2H])[2H]. The molecule has 1 fully saturated rings. The Morgan fingerprint density at radius 1 is 1.54 bits per heavy atom. The zero-order valence-electron chi connectivity index (χ0n) is 14.3. The highest BCUT2D eigenvalue weighted by Gasteiger charge is 2.12. The maximum Gasteiger partial charge on any atom is 0.198 e. The molecule has 0 bridgehead atoms. The molecule has 70 valence electrons. The minimum Gasteiger partial charge on any atom is -0.378 e. The molecule has 1 aliphatic heterocycles. The first-order valence-corrected chi connectivity index (χ1v) is 4.11. The molecule has 0 amide bonds. The Bertz CT molecular complexity index is 542. The highest BCUT2D eigenvalue weighted by atomic mass is 79.9. The number of hydrogen-bond acceptors (Lipinski definition) is 4. The molecule has 0 spiro atoms. The summed E-state index contributed by atoms with van der Waals surface area (Å²) in [4.78, 5) is 7.79. The normalized spacial score (nSPS) is 42.1. The van der Waals surface area contributed by atoms with Gasteiger partial charge in [-0.3, -0.25) is 0 Å². The van der Waals surface area contributed by atoms with E-state index in [1.54, 1.807) is 0 Å². The van der Waals surface area contributed by atoms with E-state index in [4.69, 9.17) is 11.0 Å². The van der Waals surface area contributed by atoms with E-state index in [0.29, 0.717) is 0 Å². The zero-order valence-corrected chi connectivity index (χ0v) is 7.87. The van der Waals surface area contributed by atoms with E-state index < -0.39 is 26.1 Å². The van der Waals surface area contributed by atoms with E-state index in [1.165, 1.54) is 6.20 Å². The van der Waals surface area contributed by atoms with Crippen LogP contribution in [0.5, 0.6) is 0 Å². The van der Waals surface area contributed by atoms with Gasteiger partial charge in [-0.05, 0) is 22.0 Å². The Morgan fingerprint density at radius 2 is 2.31 bits per heavy atom. The minimum absolute atomic E-state index is 0.0271. The lowest BCUT2D eigenvalue weighted by atomic mass is 10.4. The summed E-state index contributed by atoms with van der Waals surface area (Å²) in [6.07, 6.45) is 1.21. The molecule has 5 heteroatoms. The number of nitrogens with zero attached hydrogens (tertiary/aromatic N) is 3. The van der Waals surface area contributed by atoms with Gasteiger partial charge in [-0.2, -0.15) is 0 Å². The van der Waals surface area contributed by atoms with E-state index in [2.05, 4.69) is 30.6 Å². The maximum absolute atomic E-state index is 7.84. The van der Waals surface area contributed by atoms with Crippen molar-refractivity contribution >= 4 is 21.7 Å². The van der Waals surface area contributed by atoms with Gasteiger partial charge in [0.15, 0.2) is 4.73 Å². The summed E-state index contributed by atoms with van der Waals surface area (Å²) in [6, 6.07) is 1.15. The summed E-state index contributed by atoms with van der Waals surface area (Å²) in [7, 11) is 0. The topological polar surface area (TPSA) is 38.2 Å². The van der Waals surface area contributed by atoms with Gasteiger partial charge < -0.3 is 9.64 Å². The number of aromatic nitrogens is 2. The number of anilines is 1. The van der Waals surface area contributed by atoms with E-state index in [-0.39, 0.29) is 15.5 Å². The molecule has 0 unspecified atom stereocenters. The molecule has 0 aromatic carbocycles. The summed E-state index contributed by atoms with van der Waals surface area (Å²) < 4.78 is 66.0. The van der Waals surface area contributed by atoms with Crippen LogP contribution in [0.1, 0.15) is 11.0 Å². The summed E-state index contributed by atoms with van der Waals surface area (Å²) in [6.45, 7) is -12.2. The third kappa shape index (κ3) is 2.16. The van der Waals surface area contributed by atoms with Crippen molar-refractivity contribution in [3.8, 4) is 0 Å². The van der Waals surface area contributed by atoms with Crippen molar-refractivity contribution in [1.82, 2.24) is 9.97 Å². The van der Waals surface area contributed by atoms with Crippen LogP contribution < -0.4 is 4.90 Å². The number of ether oxygens (including phenoxy) is 1. The molecule has 0 radical (unpaired) electrons. The Hall–Kier alpha value is -0.680. The lowest BCUT2D eigenvalue weighted by molar-refractivity contribution is 0.122. The van der Waals surface area contributed by atoms with Gasteiger partial charge in [0.25, 0.3) is 0 Å². The first kappa shape index (κ1) is 3.47. The van der Waals surface area contributed by atoms with Crippen LogP contribution >= 0.6 is 15.9 Å². The van der Waals surface area contributed by atoms with Gasteiger partial charge in [0.1, 0.15) is 5.82 Å². The highest BCUT2D eigenvalue weighted by molar-refractivity contribution is 9.10. The third-order valence-electron chi connectivity index (χ3n) is 1.26. The van der Waals surface area contributed by atoms with Crippen molar-refractivity contribution in [3.05, 3.63) is 17.0 Å². The smallest absolute Gasteiger partial charge is 0.198 e. The van der Waals surface area contributed by atoms with Crippen LogP contribution in [0.25, 0.3) is 0 Å². The van der Waals surface area contributed by atoms with E-state index >= 15 is 0 Å². The molecule has 1 aromatic heterocycles. The lowest BCUT2D eigenvalue weighted by Gasteiger charge is -2.27. The van der Waals surface area contributed by atoms with Gasteiger partial charge in [0.05, 0.1) is 24.1 Å². The molecule has 13 heavy (non-hydrogen) atoms. The molecule has 0 N–H and O–H groups in total. The Kier molecular flexibility index (Phi) is 1.07. The van der Waals surface area contributed by atoms with Crippen LogP contribution in [-0.4, -0.2) is 36.1 Å². The van der Waals surface area contributed by atoms with Gasteiger partial charge in [0.2, 0.25) is 0 Å². The first-order chi connectivity index (χ1) is 9.33. The van der Waals surface area contributed by atoms with Crippen LogP contribution in [-0.2, 0) is 4.74 Å². The van der Waals surface area contributed by atoms with Crippen molar-refractivity contribution in [2.75, 3.05) is 31.0 Å². The second-order valence-electron chi connectivity index (χ2n) is 2.05. The van der Waals surface area contributed by atoms with Crippen LogP contribution in [0, 0.1) is 0 Å². The van der Waals surface area contributed by atoms with Crippen molar-refractivity contribution in [1.29, 1.82) is 0 Å². The molecular weight excluding hydrogens is 234 g/mol. The van der Waals surface area contributed by atoms with Crippen LogP contribution in [0.4, 0.5) is 5.82 Å². The zero-order chi connectivity index (χ0) is 16.3. The Morgan fingerprint density at radius 3 is 3.00 bits per heavy atom. The molecule has 0 saturated carbocycles. The molecule has 0 atom stereocenters. The van der Waals surface area contributed by atoms with Gasteiger partial charge >= 0.3 is 0 Å². The maximum atomic E-state index is 7.84. The molecule has 0 aliphatic carbocycles. The summed E-state index contributed by atoms with van der Waals surface area (Å²) >= 11 is 2.95. The van der Waals surface area contributed by atoms with Gasteiger partial charge in [0, 0.05) is 19.2 Å². The fraction of sp³-hybridized carbons (Fsp3) is 0.500. The highest BCUT2D eigenvalue weighted by Crippen LogP contribution is 2.13. The molecule has 1 aromatic rings.